The van der Waals surface area contributed by atoms with Crippen molar-refractivity contribution in [3.63, 3.8) is 0 Å². The Labute approximate surface area is 108 Å². The summed E-state index contributed by atoms with van der Waals surface area (Å²) in [6.07, 6.45) is 0. The van der Waals surface area contributed by atoms with Gasteiger partial charge in [0.05, 0.1) is 5.56 Å². The molecule has 0 nitrogen and oxygen atoms in total. The molecule has 1 unspecified atom stereocenters. The zero-order valence-corrected chi connectivity index (χ0v) is 10.1. The standard InChI is InChI=1S/C8BrClF8/c9-8(17,18)7(10,16)1-2(11)4(13)6(15)5(14)3(1)12. The van der Waals surface area contributed by atoms with Crippen molar-refractivity contribution < 1.29 is 35.1 Å². The Hall–Kier alpha value is -0.570. The molecule has 0 saturated heterocycles. The van der Waals surface area contributed by atoms with Gasteiger partial charge in [-0.15, -0.1) is 0 Å². The summed E-state index contributed by atoms with van der Waals surface area (Å²) >= 11 is 5.91. The Balaban J connectivity index is 3.72. The van der Waals surface area contributed by atoms with Gasteiger partial charge >= 0.3 is 4.83 Å². The van der Waals surface area contributed by atoms with Crippen LogP contribution in [0.25, 0.3) is 0 Å². The Kier molecular flexibility index (Phi) is 3.89. The summed E-state index contributed by atoms with van der Waals surface area (Å²) in [6.45, 7) is 0. The molecule has 1 atom stereocenters. The Morgan fingerprint density at radius 3 is 1.28 bits per heavy atom. The molecule has 1 aromatic carbocycles. The lowest BCUT2D eigenvalue weighted by Gasteiger charge is -2.24. The maximum absolute atomic E-state index is 13.4. The van der Waals surface area contributed by atoms with Gasteiger partial charge in [-0.05, 0) is 15.9 Å². The van der Waals surface area contributed by atoms with E-state index >= 15 is 0 Å². The molecule has 0 spiro atoms. The second kappa shape index (κ2) is 4.52. The molecule has 0 saturated carbocycles. The lowest BCUT2D eigenvalue weighted by atomic mass is 10.1. The van der Waals surface area contributed by atoms with Crippen LogP contribution in [-0.2, 0) is 5.13 Å². The highest BCUT2D eigenvalue weighted by Gasteiger charge is 2.57. The monoisotopic (exact) mass is 362 g/mol. The first-order valence-corrected chi connectivity index (χ1v) is 5.06. The maximum atomic E-state index is 13.4. The third-order valence-electron chi connectivity index (χ3n) is 1.88. The number of rotatable bonds is 2. The van der Waals surface area contributed by atoms with E-state index in [-0.39, 0.29) is 0 Å². The van der Waals surface area contributed by atoms with Crippen LogP contribution in [0, 0.1) is 29.1 Å². The van der Waals surface area contributed by atoms with Crippen LogP contribution in [0.4, 0.5) is 35.1 Å². The molecule has 0 aliphatic rings. The topological polar surface area (TPSA) is 0 Å². The summed E-state index contributed by atoms with van der Waals surface area (Å²) in [5.74, 6) is -13.3. The van der Waals surface area contributed by atoms with Crippen molar-refractivity contribution in [3.8, 4) is 0 Å². The molecule has 102 valence electrons. The molecule has 0 heterocycles. The number of halogens is 10. The van der Waals surface area contributed by atoms with Crippen LogP contribution in [-0.4, -0.2) is 4.83 Å². The van der Waals surface area contributed by atoms with Crippen LogP contribution in [0.15, 0.2) is 0 Å². The van der Waals surface area contributed by atoms with Crippen LogP contribution in [0.2, 0.25) is 0 Å². The van der Waals surface area contributed by atoms with E-state index in [0.717, 1.165) is 0 Å². The van der Waals surface area contributed by atoms with Gasteiger partial charge < -0.3 is 0 Å². The lowest BCUT2D eigenvalue weighted by molar-refractivity contribution is -0.0125. The Morgan fingerprint density at radius 1 is 0.722 bits per heavy atom. The van der Waals surface area contributed by atoms with E-state index in [1.165, 1.54) is 15.9 Å². The normalized spacial score (nSPS) is 15.7. The average Bonchev–Trinajstić information content (AvgIpc) is 2.22. The van der Waals surface area contributed by atoms with Gasteiger partial charge in [-0.25, -0.2) is 26.3 Å². The number of hydrogen-bond acceptors (Lipinski definition) is 0. The fraction of sp³-hybridized carbons (Fsp3) is 0.250. The van der Waals surface area contributed by atoms with Crippen molar-refractivity contribution in [1.82, 2.24) is 0 Å². The fourth-order valence-electron chi connectivity index (χ4n) is 1.02. The predicted octanol–water partition coefficient (Wildman–Crippen LogP) is 4.73. The molecule has 0 bridgehead atoms. The molecule has 0 radical (unpaired) electrons. The first-order valence-electron chi connectivity index (χ1n) is 3.89. The number of alkyl halides is 5. The smallest absolute Gasteiger partial charge is 0.213 e. The lowest BCUT2D eigenvalue weighted by Crippen LogP contribution is -2.34. The first kappa shape index (κ1) is 15.5. The van der Waals surface area contributed by atoms with E-state index in [1.807, 2.05) is 0 Å². The van der Waals surface area contributed by atoms with E-state index in [9.17, 15) is 35.1 Å². The van der Waals surface area contributed by atoms with Crippen molar-refractivity contribution in [1.29, 1.82) is 0 Å². The molecule has 0 aliphatic heterocycles. The van der Waals surface area contributed by atoms with Gasteiger partial charge in [0.25, 0.3) is 5.13 Å². The molecule has 0 N–H and O–H groups in total. The van der Waals surface area contributed by atoms with E-state index in [1.54, 1.807) is 0 Å². The van der Waals surface area contributed by atoms with E-state index in [2.05, 4.69) is 11.6 Å². The van der Waals surface area contributed by atoms with Crippen molar-refractivity contribution >= 4 is 27.5 Å². The van der Waals surface area contributed by atoms with Crippen LogP contribution < -0.4 is 0 Å². The highest BCUT2D eigenvalue weighted by Crippen LogP contribution is 2.51. The largest absolute Gasteiger partial charge is 0.352 e. The summed E-state index contributed by atoms with van der Waals surface area (Å²) in [4.78, 5) is -4.76. The van der Waals surface area contributed by atoms with Crippen molar-refractivity contribution in [2.24, 2.45) is 0 Å². The molecule has 0 fully saturated rings. The molecule has 0 amide bonds. The number of benzene rings is 1. The second-order valence-electron chi connectivity index (χ2n) is 3.02. The van der Waals surface area contributed by atoms with Gasteiger partial charge in [-0.2, -0.15) is 8.78 Å². The van der Waals surface area contributed by atoms with Gasteiger partial charge in [-0.1, -0.05) is 11.6 Å². The highest BCUT2D eigenvalue weighted by atomic mass is 79.9. The van der Waals surface area contributed by atoms with Crippen LogP contribution >= 0.6 is 27.5 Å². The minimum atomic E-state index is -4.76. The molecule has 0 aliphatic carbocycles. The average molecular weight is 363 g/mol. The van der Waals surface area contributed by atoms with Crippen molar-refractivity contribution in [2.75, 3.05) is 0 Å². The van der Waals surface area contributed by atoms with E-state index < -0.39 is 44.6 Å². The summed E-state index contributed by atoms with van der Waals surface area (Å²) in [6, 6.07) is 0. The van der Waals surface area contributed by atoms with E-state index in [4.69, 9.17) is 0 Å². The minimum absolute atomic E-state index is 1.36. The predicted molar refractivity (Wildman–Crippen MR) is 48.7 cm³/mol. The quantitative estimate of drug-likeness (QED) is 0.308. The zero-order valence-electron chi connectivity index (χ0n) is 7.78. The molecular formula is C8BrClF8. The van der Waals surface area contributed by atoms with Gasteiger partial charge in [0.1, 0.15) is 0 Å². The summed E-state index contributed by atoms with van der Waals surface area (Å²) in [7, 11) is 0. The molecule has 18 heavy (non-hydrogen) atoms. The van der Waals surface area contributed by atoms with Gasteiger partial charge in [-0.3, -0.25) is 0 Å². The minimum Gasteiger partial charge on any atom is -0.213 e. The van der Waals surface area contributed by atoms with Gasteiger partial charge in [0, 0.05) is 0 Å². The summed E-state index contributed by atoms with van der Waals surface area (Å²) < 4.78 is 103. The van der Waals surface area contributed by atoms with Crippen LogP contribution in [0.3, 0.4) is 0 Å². The van der Waals surface area contributed by atoms with Crippen LogP contribution in [0.5, 0.6) is 0 Å². The molecule has 10 heteroatoms. The second-order valence-corrected chi connectivity index (χ2v) is 4.53. The first-order chi connectivity index (χ1) is 7.93. The number of hydrogen-bond donors (Lipinski definition) is 0. The summed E-state index contributed by atoms with van der Waals surface area (Å²) in [5, 5.41) is -4.66. The molecule has 1 rings (SSSR count). The third kappa shape index (κ3) is 2.18. The SMILES string of the molecule is Fc1c(F)c(F)c(C(F)(Cl)C(F)(F)Br)c(F)c1F. The van der Waals surface area contributed by atoms with Crippen molar-refractivity contribution in [3.05, 3.63) is 34.6 Å². The Morgan fingerprint density at radius 2 is 1.00 bits per heavy atom. The highest BCUT2D eigenvalue weighted by molar-refractivity contribution is 9.10. The third-order valence-corrected chi connectivity index (χ3v) is 3.08. The Bertz CT molecular complexity index is 466. The fourth-order valence-corrected chi connectivity index (χ4v) is 1.39. The van der Waals surface area contributed by atoms with Gasteiger partial charge in [0.15, 0.2) is 23.3 Å². The summed E-state index contributed by atoms with van der Waals surface area (Å²) in [5.41, 5.74) is -2.47. The molecule has 1 aromatic rings. The van der Waals surface area contributed by atoms with Crippen LogP contribution in [0.1, 0.15) is 5.56 Å². The van der Waals surface area contributed by atoms with Crippen molar-refractivity contribution in [2.45, 2.75) is 9.96 Å². The molecular weight excluding hydrogens is 363 g/mol. The maximum Gasteiger partial charge on any atom is 0.352 e. The zero-order chi connectivity index (χ0) is 14.5. The molecule has 0 aromatic heterocycles. The van der Waals surface area contributed by atoms with E-state index in [0.29, 0.717) is 0 Å². The van der Waals surface area contributed by atoms with Gasteiger partial charge in [0.2, 0.25) is 5.82 Å².